The second-order valence-corrected chi connectivity index (χ2v) is 7.00. The second-order valence-electron chi connectivity index (χ2n) is 4.63. The Labute approximate surface area is 135 Å². The fourth-order valence-electron chi connectivity index (χ4n) is 1.80. The lowest BCUT2D eigenvalue weighted by Gasteiger charge is -2.09. The molecule has 1 aromatic heterocycles. The van der Waals surface area contributed by atoms with Crippen molar-refractivity contribution < 1.29 is 9.59 Å². The first-order valence-electron chi connectivity index (χ1n) is 6.32. The zero-order chi connectivity index (χ0) is 15.6. The third kappa shape index (κ3) is 3.51. The highest BCUT2D eigenvalue weighted by molar-refractivity contribution is 9.11. The van der Waals surface area contributed by atoms with Gasteiger partial charge in [0.25, 0.3) is 11.8 Å². The number of hydrogen-bond acceptors (Lipinski definition) is 3. The van der Waals surface area contributed by atoms with Crippen molar-refractivity contribution in [3.63, 3.8) is 0 Å². The van der Waals surface area contributed by atoms with Crippen LogP contribution in [0.25, 0.3) is 0 Å². The van der Waals surface area contributed by atoms with Crippen LogP contribution in [0.2, 0.25) is 0 Å². The smallest absolute Gasteiger partial charge is 0.265 e. The largest absolute Gasteiger partial charge is 0.355 e. The molecule has 0 fully saturated rings. The molecule has 2 N–H and O–H groups in total. The molecule has 0 saturated heterocycles. The number of hydrogen-bond donors (Lipinski definition) is 2. The first kappa shape index (κ1) is 15.7. The fourth-order valence-corrected chi connectivity index (χ4v) is 3.23. The summed E-state index contributed by atoms with van der Waals surface area (Å²) in [5.74, 6) is -0.355. The van der Waals surface area contributed by atoms with Gasteiger partial charge in [0.05, 0.1) is 8.66 Å². The van der Waals surface area contributed by atoms with Crippen LogP contribution >= 0.6 is 27.3 Å². The van der Waals surface area contributed by atoms with Gasteiger partial charge in [-0.3, -0.25) is 9.59 Å². The summed E-state index contributed by atoms with van der Waals surface area (Å²) in [5, 5.41) is 5.43. The monoisotopic (exact) mass is 366 g/mol. The molecule has 0 radical (unpaired) electrons. The summed E-state index contributed by atoms with van der Waals surface area (Å²) in [5.41, 5.74) is 3.09. The van der Waals surface area contributed by atoms with E-state index >= 15 is 0 Å². The zero-order valence-electron chi connectivity index (χ0n) is 11.9. The van der Waals surface area contributed by atoms with Crippen LogP contribution in [0, 0.1) is 13.8 Å². The SMILES string of the molecule is CNC(=O)c1ccc(C)c(NC(=O)c2cc(C)c(Br)s2)c1. The Morgan fingerprint density at radius 2 is 1.81 bits per heavy atom. The summed E-state index contributed by atoms with van der Waals surface area (Å²) in [4.78, 5) is 24.5. The molecule has 2 rings (SSSR count). The van der Waals surface area contributed by atoms with Crippen LogP contribution < -0.4 is 10.6 Å². The Hall–Kier alpha value is -1.66. The molecular formula is C15H15BrN2O2S. The van der Waals surface area contributed by atoms with Crippen molar-refractivity contribution in [2.24, 2.45) is 0 Å². The van der Waals surface area contributed by atoms with Crippen LogP contribution in [0.15, 0.2) is 28.1 Å². The predicted molar refractivity (Wildman–Crippen MR) is 89.3 cm³/mol. The lowest BCUT2D eigenvalue weighted by Crippen LogP contribution is -2.18. The first-order valence-corrected chi connectivity index (χ1v) is 7.93. The number of thiophene rings is 1. The standard InChI is InChI=1S/C15H15BrN2O2S/c1-8-4-5-10(14(19)17-3)7-11(8)18-15(20)12-6-9(2)13(16)21-12/h4-7H,1-3H3,(H,17,19)(H,18,20). The number of benzene rings is 1. The van der Waals surface area contributed by atoms with Crippen LogP contribution in [-0.2, 0) is 0 Å². The van der Waals surface area contributed by atoms with Crippen LogP contribution in [0.4, 0.5) is 5.69 Å². The average Bonchev–Trinajstić information content (AvgIpc) is 2.80. The topological polar surface area (TPSA) is 58.2 Å². The van der Waals surface area contributed by atoms with Gasteiger partial charge in [0, 0.05) is 18.3 Å². The molecule has 0 saturated carbocycles. The Balaban J connectivity index is 2.26. The second kappa shape index (κ2) is 6.41. The molecule has 0 aliphatic rings. The predicted octanol–water partition coefficient (Wildman–Crippen LogP) is 3.74. The third-order valence-electron chi connectivity index (χ3n) is 3.06. The van der Waals surface area contributed by atoms with Crippen LogP contribution in [0.1, 0.15) is 31.2 Å². The lowest BCUT2D eigenvalue weighted by atomic mass is 10.1. The van der Waals surface area contributed by atoms with E-state index in [1.807, 2.05) is 26.0 Å². The van der Waals surface area contributed by atoms with Crippen LogP contribution in [0.3, 0.4) is 0 Å². The van der Waals surface area contributed by atoms with Crippen molar-refractivity contribution in [2.75, 3.05) is 12.4 Å². The van der Waals surface area contributed by atoms with E-state index in [9.17, 15) is 9.59 Å². The van der Waals surface area contributed by atoms with E-state index in [-0.39, 0.29) is 11.8 Å². The van der Waals surface area contributed by atoms with Crippen molar-refractivity contribution in [3.8, 4) is 0 Å². The van der Waals surface area contributed by atoms with E-state index in [4.69, 9.17) is 0 Å². The number of carbonyl (C=O) groups excluding carboxylic acids is 2. The molecule has 0 unspecified atom stereocenters. The van der Waals surface area contributed by atoms with E-state index in [2.05, 4.69) is 26.6 Å². The molecule has 6 heteroatoms. The van der Waals surface area contributed by atoms with Gasteiger partial charge in [-0.25, -0.2) is 0 Å². The number of aryl methyl sites for hydroxylation is 2. The number of nitrogens with one attached hydrogen (secondary N) is 2. The molecule has 0 aliphatic heterocycles. The Morgan fingerprint density at radius 3 is 2.38 bits per heavy atom. The van der Waals surface area contributed by atoms with Crippen molar-refractivity contribution in [1.29, 1.82) is 0 Å². The van der Waals surface area contributed by atoms with Crippen molar-refractivity contribution in [1.82, 2.24) is 5.32 Å². The van der Waals surface area contributed by atoms with Gasteiger partial charge in [-0.15, -0.1) is 11.3 Å². The van der Waals surface area contributed by atoms with E-state index in [1.165, 1.54) is 11.3 Å². The van der Waals surface area contributed by atoms with Crippen molar-refractivity contribution in [3.05, 3.63) is 49.6 Å². The molecule has 1 aromatic carbocycles. The molecule has 21 heavy (non-hydrogen) atoms. The molecule has 0 atom stereocenters. The van der Waals surface area contributed by atoms with E-state index < -0.39 is 0 Å². The first-order chi connectivity index (χ1) is 9.92. The maximum Gasteiger partial charge on any atom is 0.265 e. The number of amides is 2. The lowest BCUT2D eigenvalue weighted by molar-refractivity contribution is 0.0961. The van der Waals surface area contributed by atoms with Gasteiger partial charge < -0.3 is 10.6 Å². The fraction of sp³-hybridized carbons (Fsp3) is 0.200. The van der Waals surface area contributed by atoms with Gasteiger partial charge >= 0.3 is 0 Å². The molecule has 110 valence electrons. The normalized spacial score (nSPS) is 10.3. The van der Waals surface area contributed by atoms with Gasteiger partial charge in [0.2, 0.25) is 0 Å². The maximum absolute atomic E-state index is 12.3. The van der Waals surface area contributed by atoms with Crippen LogP contribution in [-0.4, -0.2) is 18.9 Å². The highest BCUT2D eigenvalue weighted by Gasteiger charge is 2.13. The Morgan fingerprint density at radius 1 is 1.10 bits per heavy atom. The summed E-state index contributed by atoms with van der Waals surface area (Å²) >= 11 is 4.80. The zero-order valence-corrected chi connectivity index (χ0v) is 14.3. The Bertz CT molecular complexity index is 690. The minimum atomic E-state index is -0.180. The average molecular weight is 367 g/mol. The van der Waals surface area contributed by atoms with E-state index in [1.54, 1.807) is 19.2 Å². The molecule has 2 amide bonds. The third-order valence-corrected chi connectivity index (χ3v) is 5.19. The highest BCUT2D eigenvalue weighted by Crippen LogP contribution is 2.28. The molecule has 2 aromatic rings. The molecule has 0 spiro atoms. The molecule has 4 nitrogen and oxygen atoms in total. The number of carbonyl (C=O) groups is 2. The number of rotatable bonds is 3. The number of anilines is 1. The van der Waals surface area contributed by atoms with E-state index in [0.717, 1.165) is 14.9 Å². The quantitative estimate of drug-likeness (QED) is 0.868. The summed E-state index contributed by atoms with van der Waals surface area (Å²) in [7, 11) is 1.58. The summed E-state index contributed by atoms with van der Waals surface area (Å²) < 4.78 is 0.948. The minimum Gasteiger partial charge on any atom is -0.355 e. The maximum atomic E-state index is 12.3. The van der Waals surface area contributed by atoms with Gasteiger partial charge in [-0.05, 0) is 59.1 Å². The van der Waals surface area contributed by atoms with Gasteiger partial charge in [0.15, 0.2) is 0 Å². The number of halogens is 1. The van der Waals surface area contributed by atoms with Gasteiger partial charge in [-0.2, -0.15) is 0 Å². The summed E-state index contributed by atoms with van der Waals surface area (Å²) in [6.07, 6.45) is 0. The minimum absolute atomic E-state index is 0.175. The summed E-state index contributed by atoms with van der Waals surface area (Å²) in [6, 6.07) is 7.06. The summed E-state index contributed by atoms with van der Waals surface area (Å²) in [6.45, 7) is 3.83. The molecule has 0 aliphatic carbocycles. The van der Waals surface area contributed by atoms with Gasteiger partial charge in [-0.1, -0.05) is 6.07 Å². The van der Waals surface area contributed by atoms with Gasteiger partial charge in [0.1, 0.15) is 0 Å². The highest BCUT2D eigenvalue weighted by atomic mass is 79.9. The van der Waals surface area contributed by atoms with Crippen molar-refractivity contribution in [2.45, 2.75) is 13.8 Å². The molecule has 0 bridgehead atoms. The van der Waals surface area contributed by atoms with Crippen molar-refractivity contribution >= 4 is 44.8 Å². The van der Waals surface area contributed by atoms with Crippen LogP contribution in [0.5, 0.6) is 0 Å². The Kier molecular flexibility index (Phi) is 4.80. The molecule has 1 heterocycles. The molecular weight excluding hydrogens is 352 g/mol. The van der Waals surface area contributed by atoms with E-state index in [0.29, 0.717) is 16.1 Å².